The van der Waals surface area contributed by atoms with E-state index < -0.39 is 26.4 Å². The molecule has 2 aromatic heterocycles. The van der Waals surface area contributed by atoms with Gasteiger partial charge in [0.2, 0.25) is 0 Å². The topological polar surface area (TPSA) is 102 Å². The van der Waals surface area contributed by atoms with Gasteiger partial charge in [0.25, 0.3) is 5.56 Å². The van der Waals surface area contributed by atoms with E-state index in [2.05, 4.69) is 9.97 Å². The summed E-state index contributed by atoms with van der Waals surface area (Å²) >= 11 is 0. The van der Waals surface area contributed by atoms with E-state index in [0.29, 0.717) is 6.54 Å². The van der Waals surface area contributed by atoms with E-state index >= 15 is 0 Å². The second-order valence-corrected chi connectivity index (χ2v) is 6.09. The molecular formula is C11H12FN3O4S. The summed E-state index contributed by atoms with van der Waals surface area (Å²) in [5.41, 5.74) is -1.41. The van der Waals surface area contributed by atoms with E-state index in [-0.39, 0.29) is 17.0 Å². The number of pyridine rings is 1. The zero-order chi connectivity index (χ0) is 15.1. The summed E-state index contributed by atoms with van der Waals surface area (Å²) in [6.07, 6.45) is 0.785. The Morgan fingerprint density at radius 3 is 2.60 bits per heavy atom. The molecule has 0 spiro atoms. The van der Waals surface area contributed by atoms with Gasteiger partial charge in [-0.2, -0.15) is 8.42 Å². The third kappa shape index (κ3) is 2.62. The molecule has 0 radical (unpaired) electrons. The van der Waals surface area contributed by atoms with Crippen LogP contribution in [0.4, 0.5) is 3.89 Å². The Bertz CT molecular complexity index is 883. The fraction of sp³-hybridized carbons (Fsp3) is 0.364. The number of rotatable bonds is 3. The fourth-order valence-corrected chi connectivity index (χ4v) is 2.25. The van der Waals surface area contributed by atoms with Crippen molar-refractivity contribution in [2.45, 2.75) is 25.3 Å². The number of halogens is 1. The van der Waals surface area contributed by atoms with Crippen molar-refractivity contribution in [2.24, 2.45) is 5.92 Å². The Morgan fingerprint density at radius 2 is 2.05 bits per heavy atom. The average Bonchev–Trinajstić information content (AvgIpc) is 2.32. The third-order valence-electron chi connectivity index (χ3n) is 2.64. The summed E-state index contributed by atoms with van der Waals surface area (Å²) < 4.78 is 35.8. The molecule has 0 fully saturated rings. The molecular weight excluding hydrogens is 289 g/mol. The van der Waals surface area contributed by atoms with Crippen molar-refractivity contribution in [2.75, 3.05) is 0 Å². The first kappa shape index (κ1) is 14.4. The highest BCUT2D eigenvalue weighted by Crippen LogP contribution is 2.15. The molecule has 0 aliphatic rings. The molecule has 0 saturated heterocycles. The predicted octanol–water partition coefficient (Wildman–Crippen LogP) is 0.399. The van der Waals surface area contributed by atoms with Crippen molar-refractivity contribution in [3.05, 3.63) is 33.1 Å². The van der Waals surface area contributed by atoms with E-state index in [1.807, 2.05) is 13.8 Å². The van der Waals surface area contributed by atoms with E-state index in [1.54, 1.807) is 0 Å². The van der Waals surface area contributed by atoms with Crippen molar-refractivity contribution in [1.82, 2.24) is 14.5 Å². The van der Waals surface area contributed by atoms with Gasteiger partial charge in [-0.05, 0) is 12.0 Å². The zero-order valence-corrected chi connectivity index (χ0v) is 11.6. The lowest BCUT2D eigenvalue weighted by molar-refractivity contribution is 0.512. The Balaban J connectivity index is 2.85. The number of H-pyrrole nitrogens is 1. The number of hydrogen-bond acceptors (Lipinski definition) is 5. The lowest BCUT2D eigenvalue weighted by Gasteiger charge is -2.10. The Morgan fingerprint density at radius 1 is 1.40 bits per heavy atom. The van der Waals surface area contributed by atoms with E-state index in [1.165, 1.54) is 4.57 Å². The number of aromatic amines is 1. The number of nitrogens with one attached hydrogen (secondary N) is 1. The summed E-state index contributed by atoms with van der Waals surface area (Å²) in [6, 6.07) is 0.868. The molecule has 2 aromatic rings. The number of aromatic nitrogens is 3. The maximum Gasteiger partial charge on any atom is 0.333 e. The maximum absolute atomic E-state index is 12.9. The van der Waals surface area contributed by atoms with Gasteiger partial charge in [0, 0.05) is 6.54 Å². The largest absolute Gasteiger partial charge is 0.333 e. The minimum atomic E-state index is -4.96. The molecule has 0 aromatic carbocycles. The zero-order valence-electron chi connectivity index (χ0n) is 10.8. The second-order valence-electron chi connectivity index (χ2n) is 4.74. The van der Waals surface area contributed by atoms with Gasteiger partial charge in [0.1, 0.15) is 10.5 Å². The van der Waals surface area contributed by atoms with Gasteiger partial charge in [-0.1, -0.05) is 13.8 Å². The van der Waals surface area contributed by atoms with Gasteiger partial charge in [-0.3, -0.25) is 14.3 Å². The summed E-state index contributed by atoms with van der Waals surface area (Å²) in [5, 5.41) is -0.149. The van der Waals surface area contributed by atoms with Crippen molar-refractivity contribution in [3.8, 4) is 0 Å². The molecule has 0 unspecified atom stereocenters. The van der Waals surface area contributed by atoms with Crippen LogP contribution in [0.1, 0.15) is 13.8 Å². The van der Waals surface area contributed by atoms with Crippen LogP contribution in [0.2, 0.25) is 0 Å². The van der Waals surface area contributed by atoms with Crippen LogP contribution >= 0.6 is 0 Å². The van der Waals surface area contributed by atoms with Crippen molar-refractivity contribution in [3.63, 3.8) is 0 Å². The molecule has 0 aliphatic heterocycles. The van der Waals surface area contributed by atoms with Crippen LogP contribution in [0, 0.1) is 5.92 Å². The van der Waals surface area contributed by atoms with Crippen LogP contribution in [0.5, 0.6) is 0 Å². The molecule has 2 heterocycles. The van der Waals surface area contributed by atoms with Crippen LogP contribution in [-0.4, -0.2) is 23.0 Å². The smallest absolute Gasteiger partial charge is 0.277 e. The third-order valence-corrected chi connectivity index (χ3v) is 3.42. The Hall–Kier alpha value is -2.03. The molecule has 0 bridgehead atoms. The molecule has 0 amide bonds. The minimum absolute atomic E-state index is 0.0276. The van der Waals surface area contributed by atoms with E-state index in [4.69, 9.17) is 0 Å². The van der Waals surface area contributed by atoms with Gasteiger partial charge in [0.15, 0.2) is 0 Å². The van der Waals surface area contributed by atoms with Gasteiger partial charge >= 0.3 is 15.9 Å². The standard InChI is InChI=1S/C11H12FN3O4S/c1-6(2)5-15-9-8(10(16)14-11(15)17)3-7(4-13-9)20(12,18)19/h3-4,6H,5H2,1-2H3,(H,14,16,17). The van der Waals surface area contributed by atoms with Crippen LogP contribution < -0.4 is 11.2 Å². The van der Waals surface area contributed by atoms with Crippen molar-refractivity contribution >= 4 is 21.3 Å². The highest BCUT2D eigenvalue weighted by Gasteiger charge is 2.17. The molecule has 108 valence electrons. The fourth-order valence-electron chi connectivity index (χ4n) is 1.82. The van der Waals surface area contributed by atoms with Gasteiger partial charge < -0.3 is 0 Å². The number of hydrogen-bond donors (Lipinski definition) is 1. The van der Waals surface area contributed by atoms with Crippen LogP contribution in [-0.2, 0) is 16.8 Å². The van der Waals surface area contributed by atoms with Crippen LogP contribution in [0.25, 0.3) is 11.0 Å². The molecule has 1 N–H and O–H groups in total. The van der Waals surface area contributed by atoms with Crippen LogP contribution in [0.15, 0.2) is 26.7 Å². The van der Waals surface area contributed by atoms with Gasteiger partial charge in [-0.15, -0.1) is 3.89 Å². The van der Waals surface area contributed by atoms with E-state index in [0.717, 1.165) is 12.3 Å². The second kappa shape index (κ2) is 4.82. The first-order valence-electron chi connectivity index (χ1n) is 5.77. The van der Waals surface area contributed by atoms with Crippen LogP contribution in [0.3, 0.4) is 0 Å². The molecule has 2 rings (SSSR count). The molecule has 7 nitrogen and oxygen atoms in total. The first-order chi connectivity index (χ1) is 9.20. The minimum Gasteiger partial charge on any atom is -0.277 e. The van der Waals surface area contributed by atoms with Crippen molar-refractivity contribution < 1.29 is 12.3 Å². The van der Waals surface area contributed by atoms with Gasteiger partial charge in [-0.25, -0.2) is 9.78 Å². The molecule has 0 aliphatic carbocycles. The Labute approximate surface area is 113 Å². The highest BCUT2D eigenvalue weighted by molar-refractivity contribution is 7.86. The number of nitrogens with zero attached hydrogens (tertiary/aromatic N) is 2. The molecule has 0 atom stereocenters. The quantitative estimate of drug-likeness (QED) is 0.827. The summed E-state index contributed by atoms with van der Waals surface area (Å²) in [5.74, 6) is 0.105. The van der Waals surface area contributed by atoms with E-state index in [9.17, 15) is 21.9 Å². The molecule has 20 heavy (non-hydrogen) atoms. The molecule has 9 heteroatoms. The summed E-state index contributed by atoms with van der Waals surface area (Å²) in [7, 11) is -4.96. The SMILES string of the molecule is CC(C)Cn1c(=O)[nH]c(=O)c2cc(S(=O)(=O)F)cnc21. The van der Waals surface area contributed by atoms with Gasteiger partial charge in [0.05, 0.1) is 11.6 Å². The molecule has 0 saturated carbocycles. The normalized spacial score (nSPS) is 12.2. The predicted molar refractivity (Wildman–Crippen MR) is 69.8 cm³/mol. The summed E-state index contributed by atoms with van der Waals surface area (Å²) in [4.78, 5) is 28.5. The lowest BCUT2D eigenvalue weighted by atomic mass is 10.2. The highest BCUT2D eigenvalue weighted by atomic mass is 32.3. The summed E-state index contributed by atoms with van der Waals surface area (Å²) in [6.45, 7) is 4.02. The first-order valence-corrected chi connectivity index (χ1v) is 7.16. The average molecular weight is 301 g/mol. The van der Waals surface area contributed by atoms with Crippen molar-refractivity contribution in [1.29, 1.82) is 0 Å². The Kier molecular flexibility index (Phi) is 3.46. The number of fused-ring (bicyclic) bond motifs is 1. The maximum atomic E-state index is 12.9. The monoisotopic (exact) mass is 301 g/mol. The lowest BCUT2D eigenvalue weighted by Crippen LogP contribution is -2.32.